The summed E-state index contributed by atoms with van der Waals surface area (Å²) in [5, 5.41) is 9.10. The molecule has 1 fully saturated rings. The number of aromatic nitrogens is 1. The second-order valence-corrected chi connectivity index (χ2v) is 8.44. The molecule has 1 aromatic rings. The first kappa shape index (κ1) is 16.4. The van der Waals surface area contributed by atoms with Crippen LogP contribution in [0.1, 0.15) is 30.3 Å². The highest BCUT2D eigenvalue weighted by Crippen LogP contribution is 2.25. The number of carboxylic acids is 1. The van der Waals surface area contributed by atoms with Gasteiger partial charge in [0.05, 0.1) is 22.9 Å². The van der Waals surface area contributed by atoms with Gasteiger partial charge in [-0.1, -0.05) is 0 Å². The summed E-state index contributed by atoms with van der Waals surface area (Å²) >= 11 is 1.45. The summed E-state index contributed by atoms with van der Waals surface area (Å²) in [6, 6.07) is -0.131. The van der Waals surface area contributed by atoms with Crippen molar-refractivity contribution in [2.45, 2.75) is 39.2 Å². The van der Waals surface area contributed by atoms with Crippen molar-refractivity contribution in [1.29, 1.82) is 0 Å². The van der Waals surface area contributed by atoms with E-state index in [4.69, 9.17) is 5.11 Å². The zero-order valence-corrected chi connectivity index (χ0v) is 13.8. The van der Waals surface area contributed by atoms with E-state index in [9.17, 15) is 13.2 Å². The molecule has 6 nitrogen and oxygen atoms in total. The molecule has 0 amide bonds. The van der Waals surface area contributed by atoms with Crippen molar-refractivity contribution in [3.05, 3.63) is 16.1 Å². The monoisotopic (exact) mass is 332 g/mol. The molecule has 21 heavy (non-hydrogen) atoms. The average molecular weight is 332 g/mol. The van der Waals surface area contributed by atoms with Gasteiger partial charge in [0.15, 0.2) is 0 Å². The Morgan fingerprint density at radius 1 is 1.52 bits per heavy atom. The van der Waals surface area contributed by atoms with Crippen LogP contribution in [-0.2, 0) is 21.2 Å². The number of hydrogen-bond donors (Lipinski definition) is 1. The Morgan fingerprint density at radius 3 is 2.81 bits per heavy atom. The van der Waals surface area contributed by atoms with Gasteiger partial charge in [0.25, 0.3) is 0 Å². The Balaban J connectivity index is 2.06. The van der Waals surface area contributed by atoms with Crippen LogP contribution in [0.5, 0.6) is 0 Å². The summed E-state index contributed by atoms with van der Waals surface area (Å²) in [6.45, 7) is 3.79. The third-order valence-corrected chi connectivity index (χ3v) is 6.90. The molecule has 118 valence electrons. The van der Waals surface area contributed by atoms with Gasteiger partial charge in [-0.05, 0) is 33.1 Å². The second-order valence-electron chi connectivity index (χ2n) is 5.46. The maximum absolute atomic E-state index is 12.5. The topological polar surface area (TPSA) is 87.6 Å². The highest BCUT2D eigenvalue weighted by Gasteiger charge is 2.36. The van der Waals surface area contributed by atoms with Crippen LogP contribution in [0.2, 0.25) is 0 Å². The molecule has 0 spiro atoms. The lowest BCUT2D eigenvalue weighted by Crippen LogP contribution is -2.48. The third kappa shape index (κ3) is 3.81. The predicted molar refractivity (Wildman–Crippen MR) is 80.9 cm³/mol. The first-order valence-electron chi connectivity index (χ1n) is 6.92. The van der Waals surface area contributed by atoms with Gasteiger partial charge in [0, 0.05) is 17.5 Å². The van der Waals surface area contributed by atoms with Gasteiger partial charge in [0.2, 0.25) is 10.0 Å². The molecule has 2 atom stereocenters. The molecule has 0 radical (unpaired) electrons. The van der Waals surface area contributed by atoms with Crippen molar-refractivity contribution >= 4 is 27.3 Å². The largest absolute Gasteiger partial charge is 0.481 e. The van der Waals surface area contributed by atoms with E-state index in [2.05, 4.69) is 4.98 Å². The van der Waals surface area contributed by atoms with Crippen LogP contribution in [-0.4, -0.2) is 47.1 Å². The molecule has 0 bridgehead atoms. The quantitative estimate of drug-likeness (QED) is 0.883. The van der Waals surface area contributed by atoms with Crippen LogP contribution in [0.4, 0.5) is 0 Å². The van der Waals surface area contributed by atoms with Crippen LogP contribution >= 0.6 is 11.3 Å². The molecular weight excluding hydrogens is 312 g/mol. The average Bonchev–Trinajstić information content (AvgIpc) is 2.82. The third-order valence-electron chi connectivity index (χ3n) is 3.96. The number of thiazole rings is 1. The molecule has 0 aromatic carbocycles. The molecule has 2 rings (SSSR count). The van der Waals surface area contributed by atoms with Crippen molar-refractivity contribution in [2.75, 3.05) is 12.3 Å². The van der Waals surface area contributed by atoms with E-state index in [1.807, 2.05) is 13.8 Å². The smallest absolute Gasteiger partial charge is 0.307 e. The Labute approximate surface area is 128 Å². The van der Waals surface area contributed by atoms with Gasteiger partial charge < -0.3 is 5.11 Å². The van der Waals surface area contributed by atoms with E-state index in [-0.39, 0.29) is 18.3 Å². The van der Waals surface area contributed by atoms with Crippen LogP contribution < -0.4 is 0 Å². The van der Waals surface area contributed by atoms with Gasteiger partial charge >= 0.3 is 5.97 Å². The Kier molecular flexibility index (Phi) is 5.00. The summed E-state index contributed by atoms with van der Waals surface area (Å²) in [5.74, 6) is -1.51. The summed E-state index contributed by atoms with van der Waals surface area (Å²) in [6.07, 6.45) is 1.56. The number of nitrogens with zero attached hydrogens (tertiary/aromatic N) is 2. The normalized spacial score (nSPS) is 24.1. The summed E-state index contributed by atoms with van der Waals surface area (Å²) in [7, 11) is -3.44. The number of sulfonamides is 1. The number of hydrogen-bond acceptors (Lipinski definition) is 5. The lowest BCUT2D eigenvalue weighted by atomic mass is 9.96. The maximum atomic E-state index is 12.5. The van der Waals surface area contributed by atoms with E-state index in [1.165, 1.54) is 15.6 Å². The van der Waals surface area contributed by atoms with E-state index in [0.717, 1.165) is 10.6 Å². The molecule has 1 saturated heterocycles. The molecule has 1 aromatic heterocycles. The number of rotatable bonds is 5. The minimum Gasteiger partial charge on any atom is -0.481 e. The fourth-order valence-corrected chi connectivity index (χ4v) is 5.24. The molecule has 1 aliphatic rings. The van der Waals surface area contributed by atoms with Gasteiger partial charge in [-0.3, -0.25) is 4.79 Å². The number of aliphatic carboxylic acids is 1. The van der Waals surface area contributed by atoms with Crippen LogP contribution in [0.25, 0.3) is 0 Å². The first-order chi connectivity index (χ1) is 9.81. The van der Waals surface area contributed by atoms with E-state index >= 15 is 0 Å². The number of aryl methyl sites for hydroxylation is 2. The van der Waals surface area contributed by atoms with Crippen molar-refractivity contribution < 1.29 is 18.3 Å². The fraction of sp³-hybridized carbons (Fsp3) is 0.692. The highest BCUT2D eigenvalue weighted by atomic mass is 32.2. The highest BCUT2D eigenvalue weighted by molar-refractivity contribution is 7.89. The molecule has 2 heterocycles. The SMILES string of the molecule is Cc1ncsc1CCS(=O)(=O)N1CC(C(=O)O)CCC1C. The van der Waals surface area contributed by atoms with Crippen molar-refractivity contribution in [1.82, 2.24) is 9.29 Å². The summed E-state index contributed by atoms with van der Waals surface area (Å²) < 4.78 is 26.3. The minimum absolute atomic E-state index is 0.00666. The van der Waals surface area contributed by atoms with E-state index in [1.54, 1.807) is 5.51 Å². The Hall–Kier alpha value is -0.990. The van der Waals surface area contributed by atoms with Crippen LogP contribution in [0, 0.1) is 12.8 Å². The lowest BCUT2D eigenvalue weighted by molar-refractivity contribution is -0.143. The lowest BCUT2D eigenvalue weighted by Gasteiger charge is -2.35. The van der Waals surface area contributed by atoms with E-state index in [0.29, 0.717) is 19.3 Å². The Morgan fingerprint density at radius 2 is 2.24 bits per heavy atom. The van der Waals surface area contributed by atoms with Crippen LogP contribution in [0.3, 0.4) is 0 Å². The Bertz CT molecular complexity index is 611. The molecule has 1 aliphatic heterocycles. The van der Waals surface area contributed by atoms with Gasteiger partial charge in [-0.15, -0.1) is 11.3 Å². The van der Waals surface area contributed by atoms with Crippen molar-refractivity contribution in [2.24, 2.45) is 5.92 Å². The molecule has 0 aliphatic carbocycles. The first-order valence-corrected chi connectivity index (χ1v) is 9.41. The summed E-state index contributed by atoms with van der Waals surface area (Å²) in [5.41, 5.74) is 2.58. The number of piperidine rings is 1. The molecule has 8 heteroatoms. The second kappa shape index (κ2) is 6.41. The molecule has 0 saturated carbocycles. The van der Waals surface area contributed by atoms with Crippen molar-refractivity contribution in [3.63, 3.8) is 0 Å². The summed E-state index contributed by atoms with van der Waals surface area (Å²) in [4.78, 5) is 16.2. The molecular formula is C13H20N2O4S2. The van der Waals surface area contributed by atoms with E-state index < -0.39 is 21.9 Å². The molecule has 1 N–H and O–H groups in total. The number of carboxylic acid groups (broad SMARTS) is 1. The zero-order valence-electron chi connectivity index (χ0n) is 12.2. The minimum atomic E-state index is -3.44. The molecule has 2 unspecified atom stereocenters. The predicted octanol–water partition coefficient (Wildman–Crippen LogP) is 1.51. The number of carbonyl (C=O) groups is 1. The fourth-order valence-electron chi connectivity index (χ4n) is 2.57. The van der Waals surface area contributed by atoms with Crippen LogP contribution in [0.15, 0.2) is 5.51 Å². The standard InChI is InChI=1S/C13H20N2O4S2/c1-9-3-4-11(13(16)17)7-15(9)21(18,19)6-5-12-10(2)14-8-20-12/h8-9,11H,3-7H2,1-2H3,(H,16,17). The van der Waals surface area contributed by atoms with Gasteiger partial charge in [-0.2, -0.15) is 4.31 Å². The van der Waals surface area contributed by atoms with Crippen molar-refractivity contribution in [3.8, 4) is 0 Å². The maximum Gasteiger partial charge on any atom is 0.307 e. The van der Waals surface area contributed by atoms with Gasteiger partial charge in [-0.25, -0.2) is 13.4 Å². The van der Waals surface area contributed by atoms with Gasteiger partial charge in [0.1, 0.15) is 0 Å². The zero-order chi connectivity index (χ0) is 15.6.